The zero-order valence-electron chi connectivity index (χ0n) is 20.0. The van der Waals surface area contributed by atoms with Crippen molar-refractivity contribution in [1.82, 2.24) is 9.29 Å². The highest BCUT2D eigenvalue weighted by molar-refractivity contribution is 7.89. The molecule has 186 valence electrons. The Bertz CT molecular complexity index is 1300. The lowest BCUT2D eigenvalue weighted by Gasteiger charge is -2.34. The first-order valence-electron chi connectivity index (χ1n) is 11.0. The monoisotopic (exact) mass is 516 g/mol. The smallest absolute Gasteiger partial charge is 0.243 e. The average molecular weight is 517 g/mol. The Labute approximate surface area is 209 Å². The number of benzene rings is 2. The van der Waals surface area contributed by atoms with E-state index in [1.54, 1.807) is 44.7 Å². The van der Waals surface area contributed by atoms with Crippen molar-refractivity contribution in [3.8, 4) is 22.8 Å². The Morgan fingerprint density at radius 2 is 1.91 bits per heavy atom. The predicted molar refractivity (Wildman–Crippen MR) is 137 cm³/mol. The summed E-state index contributed by atoms with van der Waals surface area (Å²) in [5.41, 5.74) is 5.07. The van der Waals surface area contributed by atoms with E-state index < -0.39 is 10.0 Å². The largest absolute Gasteiger partial charge is 0.497 e. The minimum Gasteiger partial charge on any atom is -0.497 e. The number of aromatic nitrogens is 1. The maximum atomic E-state index is 13.2. The highest BCUT2D eigenvalue weighted by atomic mass is 32.2. The molecule has 4 rings (SSSR count). The van der Waals surface area contributed by atoms with Crippen molar-refractivity contribution in [2.75, 3.05) is 32.7 Å². The number of nitrogens with zero attached hydrogens (tertiary/aromatic N) is 3. The van der Waals surface area contributed by atoms with Crippen LogP contribution in [0.15, 0.2) is 57.8 Å². The Morgan fingerprint density at radius 1 is 1.14 bits per heavy atom. The first kappa shape index (κ1) is 25.1. The van der Waals surface area contributed by atoms with E-state index in [2.05, 4.69) is 15.5 Å². The molecule has 1 aromatic heterocycles. The van der Waals surface area contributed by atoms with Crippen LogP contribution in [0, 0.1) is 0 Å². The first-order valence-corrected chi connectivity index (χ1v) is 13.3. The minimum atomic E-state index is -3.64. The predicted octanol–water partition coefficient (Wildman–Crippen LogP) is 4.07. The third-order valence-corrected chi connectivity index (χ3v) is 8.04. The number of hydrogen-bond acceptors (Lipinski definition) is 9. The van der Waals surface area contributed by atoms with Gasteiger partial charge in [-0.2, -0.15) is 9.41 Å². The van der Waals surface area contributed by atoms with Crippen LogP contribution >= 0.6 is 11.3 Å². The molecule has 0 amide bonds. The van der Waals surface area contributed by atoms with Crippen LogP contribution in [0.4, 0.5) is 5.13 Å². The van der Waals surface area contributed by atoms with Gasteiger partial charge in [-0.15, -0.1) is 11.3 Å². The van der Waals surface area contributed by atoms with E-state index in [1.807, 2.05) is 37.4 Å². The molecule has 0 unspecified atom stereocenters. The fourth-order valence-electron chi connectivity index (χ4n) is 3.83. The molecular weight excluding hydrogens is 488 g/mol. The molecule has 0 aliphatic carbocycles. The molecule has 0 saturated carbocycles. The zero-order chi connectivity index (χ0) is 25.0. The van der Waals surface area contributed by atoms with Gasteiger partial charge in [0.2, 0.25) is 15.2 Å². The second-order valence-corrected chi connectivity index (χ2v) is 10.9. The van der Waals surface area contributed by atoms with Gasteiger partial charge in [0, 0.05) is 35.7 Å². The summed E-state index contributed by atoms with van der Waals surface area (Å²) in [6.07, 6.45) is 1.33. The molecule has 0 bridgehead atoms. The second-order valence-electron chi connectivity index (χ2n) is 8.12. The van der Waals surface area contributed by atoms with E-state index >= 15 is 0 Å². The quantitative estimate of drug-likeness (QED) is 0.356. The normalized spacial score (nSPS) is 19.1. The third-order valence-electron chi connectivity index (χ3n) is 5.46. The second kappa shape index (κ2) is 10.7. The van der Waals surface area contributed by atoms with Crippen molar-refractivity contribution < 1.29 is 22.6 Å². The van der Waals surface area contributed by atoms with Crippen LogP contribution < -0.4 is 14.9 Å². The van der Waals surface area contributed by atoms with Crippen LogP contribution in [0.1, 0.15) is 19.4 Å². The van der Waals surface area contributed by atoms with Gasteiger partial charge in [-0.3, -0.25) is 5.43 Å². The van der Waals surface area contributed by atoms with Crippen LogP contribution in [-0.2, 0) is 14.8 Å². The van der Waals surface area contributed by atoms with E-state index in [0.717, 1.165) is 5.56 Å². The number of hydrogen-bond donors (Lipinski definition) is 1. The Balaban J connectivity index is 1.48. The number of methoxy groups -OCH3 is 2. The van der Waals surface area contributed by atoms with Crippen molar-refractivity contribution in [3.63, 3.8) is 0 Å². The number of rotatable bonds is 8. The number of thiazole rings is 1. The standard InChI is InChI=1S/C24H28N4O5S2/c1-16-13-28(14-17(2)33-16)35(29,30)21-7-5-6-18(10-21)22-15-34-24(26-22)27-25-12-19-8-9-20(31-3)11-23(19)32-4/h5-12,15-17H,13-14H2,1-4H3,(H,26,27)/b25-12-/t16-,17+. The van der Waals surface area contributed by atoms with Crippen LogP contribution in [0.3, 0.4) is 0 Å². The highest BCUT2D eigenvalue weighted by Gasteiger charge is 2.32. The van der Waals surface area contributed by atoms with Crippen molar-refractivity contribution in [2.45, 2.75) is 31.0 Å². The molecule has 0 radical (unpaired) electrons. The fraction of sp³-hybridized carbons (Fsp3) is 0.333. The van der Waals surface area contributed by atoms with Gasteiger partial charge in [0.1, 0.15) is 11.5 Å². The summed E-state index contributed by atoms with van der Waals surface area (Å²) < 4.78 is 44.2. The van der Waals surface area contributed by atoms with Gasteiger partial charge in [0.15, 0.2) is 0 Å². The van der Waals surface area contributed by atoms with Crippen molar-refractivity contribution in [1.29, 1.82) is 0 Å². The van der Waals surface area contributed by atoms with Gasteiger partial charge in [-0.25, -0.2) is 13.4 Å². The molecule has 3 aromatic rings. The van der Waals surface area contributed by atoms with E-state index in [-0.39, 0.29) is 17.1 Å². The summed E-state index contributed by atoms with van der Waals surface area (Å²) in [6, 6.07) is 12.3. The molecule has 1 N–H and O–H groups in total. The molecule has 1 aliphatic heterocycles. The number of anilines is 1. The van der Waals surface area contributed by atoms with Gasteiger partial charge < -0.3 is 14.2 Å². The number of ether oxygens (including phenoxy) is 3. The van der Waals surface area contributed by atoms with Crippen molar-refractivity contribution >= 4 is 32.7 Å². The van der Waals surface area contributed by atoms with E-state index in [0.29, 0.717) is 41.0 Å². The number of morpholine rings is 1. The van der Waals surface area contributed by atoms with Crippen LogP contribution in [0.2, 0.25) is 0 Å². The molecule has 2 heterocycles. The number of nitrogens with one attached hydrogen (secondary N) is 1. The molecule has 1 saturated heterocycles. The summed E-state index contributed by atoms with van der Waals surface area (Å²) in [5, 5.41) is 6.69. The van der Waals surface area contributed by atoms with Crippen molar-refractivity contribution in [2.24, 2.45) is 5.10 Å². The molecular formula is C24H28N4O5S2. The van der Waals surface area contributed by atoms with Crippen LogP contribution in [-0.4, -0.2) is 63.4 Å². The first-order chi connectivity index (χ1) is 16.8. The summed E-state index contributed by atoms with van der Waals surface area (Å²) in [4.78, 5) is 4.79. The lowest BCUT2D eigenvalue weighted by atomic mass is 10.2. The molecule has 9 nitrogen and oxygen atoms in total. The van der Waals surface area contributed by atoms with Gasteiger partial charge in [-0.05, 0) is 38.1 Å². The number of sulfonamides is 1. The van der Waals surface area contributed by atoms with E-state index in [1.165, 1.54) is 15.6 Å². The molecule has 1 fully saturated rings. The fourth-order valence-corrected chi connectivity index (χ4v) is 6.14. The molecule has 2 aromatic carbocycles. The molecule has 1 aliphatic rings. The van der Waals surface area contributed by atoms with Gasteiger partial charge >= 0.3 is 0 Å². The van der Waals surface area contributed by atoms with Crippen LogP contribution in [0.25, 0.3) is 11.3 Å². The maximum Gasteiger partial charge on any atom is 0.243 e. The lowest BCUT2D eigenvalue weighted by molar-refractivity contribution is -0.0440. The van der Waals surface area contributed by atoms with E-state index in [9.17, 15) is 8.42 Å². The Hall–Kier alpha value is -2.99. The molecule has 35 heavy (non-hydrogen) atoms. The van der Waals surface area contributed by atoms with Crippen LogP contribution in [0.5, 0.6) is 11.5 Å². The zero-order valence-corrected chi connectivity index (χ0v) is 21.6. The summed E-state index contributed by atoms with van der Waals surface area (Å²) in [6.45, 7) is 4.43. The van der Waals surface area contributed by atoms with Gasteiger partial charge in [0.25, 0.3) is 0 Å². The summed E-state index contributed by atoms with van der Waals surface area (Å²) in [5.74, 6) is 1.33. The maximum absolute atomic E-state index is 13.2. The summed E-state index contributed by atoms with van der Waals surface area (Å²) >= 11 is 1.37. The number of hydrazone groups is 1. The highest BCUT2D eigenvalue weighted by Crippen LogP contribution is 2.29. The molecule has 0 spiro atoms. The van der Waals surface area contributed by atoms with Crippen molar-refractivity contribution in [3.05, 3.63) is 53.4 Å². The lowest BCUT2D eigenvalue weighted by Crippen LogP contribution is -2.48. The van der Waals surface area contributed by atoms with E-state index in [4.69, 9.17) is 14.2 Å². The Kier molecular flexibility index (Phi) is 7.70. The Morgan fingerprint density at radius 3 is 2.63 bits per heavy atom. The SMILES string of the molecule is COc1ccc(/C=N\Nc2nc(-c3cccc(S(=O)(=O)N4C[C@@H](C)O[C@@H](C)C4)c3)cs2)c(OC)c1. The summed E-state index contributed by atoms with van der Waals surface area (Å²) in [7, 11) is -0.459. The van der Waals surface area contributed by atoms with Gasteiger partial charge in [0.05, 0.1) is 43.2 Å². The molecule has 2 atom stereocenters. The third kappa shape index (κ3) is 5.81. The van der Waals surface area contributed by atoms with Gasteiger partial charge in [-0.1, -0.05) is 12.1 Å². The molecule has 11 heteroatoms. The average Bonchev–Trinajstić information content (AvgIpc) is 3.32. The topological polar surface area (TPSA) is 102 Å². The minimum absolute atomic E-state index is 0.151.